The van der Waals surface area contributed by atoms with Crippen molar-refractivity contribution < 1.29 is 4.79 Å². The first-order valence-electron chi connectivity index (χ1n) is 5.85. The number of para-hydroxylation sites is 1. The summed E-state index contributed by atoms with van der Waals surface area (Å²) < 4.78 is -0.560. The van der Waals surface area contributed by atoms with E-state index in [1.807, 2.05) is 61.5 Å². The van der Waals surface area contributed by atoms with Gasteiger partial charge in [-0.25, -0.2) is 0 Å². The van der Waals surface area contributed by atoms with Crippen LogP contribution in [0.15, 0.2) is 59.5 Å². The normalized spacial score (nSPS) is 22.2. The predicted molar refractivity (Wildman–Crippen MR) is 74.7 cm³/mol. The largest absolute Gasteiger partial charge is 0.324 e. The molecule has 1 aliphatic heterocycles. The number of rotatable bonds is 1. The monoisotopic (exact) mass is 255 g/mol. The molecule has 0 spiro atoms. The lowest BCUT2D eigenvalue weighted by molar-refractivity contribution is -0.118. The Labute approximate surface area is 110 Å². The Morgan fingerprint density at radius 3 is 2.44 bits per heavy atom. The summed E-state index contributed by atoms with van der Waals surface area (Å²) in [5.41, 5.74) is 1.93. The molecule has 1 atom stereocenters. The van der Waals surface area contributed by atoms with Crippen LogP contribution in [0.4, 0.5) is 5.69 Å². The lowest BCUT2D eigenvalue weighted by Gasteiger charge is -2.33. The Kier molecular flexibility index (Phi) is 2.63. The number of nitrogens with one attached hydrogen (secondary N) is 1. The van der Waals surface area contributed by atoms with Gasteiger partial charge in [0.2, 0.25) is 5.91 Å². The fourth-order valence-electron chi connectivity index (χ4n) is 2.11. The van der Waals surface area contributed by atoms with Crippen molar-refractivity contribution in [3.8, 4) is 0 Å². The van der Waals surface area contributed by atoms with Crippen LogP contribution in [0.5, 0.6) is 0 Å². The van der Waals surface area contributed by atoms with Gasteiger partial charge < -0.3 is 5.32 Å². The predicted octanol–water partition coefficient (Wildman–Crippen LogP) is 3.65. The number of amides is 1. The molecule has 0 saturated heterocycles. The maximum absolute atomic E-state index is 12.3. The van der Waals surface area contributed by atoms with E-state index >= 15 is 0 Å². The fraction of sp³-hybridized carbons (Fsp3) is 0.133. The summed E-state index contributed by atoms with van der Waals surface area (Å²) in [5.74, 6) is 0.0393. The van der Waals surface area contributed by atoms with E-state index in [2.05, 4.69) is 5.32 Å². The highest BCUT2D eigenvalue weighted by atomic mass is 32.2. The molecule has 1 aliphatic rings. The van der Waals surface area contributed by atoms with Gasteiger partial charge in [-0.15, -0.1) is 11.8 Å². The van der Waals surface area contributed by atoms with Gasteiger partial charge in [0.15, 0.2) is 0 Å². The maximum Gasteiger partial charge on any atom is 0.245 e. The van der Waals surface area contributed by atoms with Crippen LogP contribution in [0.3, 0.4) is 0 Å². The molecule has 2 nitrogen and oxygen atoms in total. The van der Waals surface area contributed by atoms with Gasteiger partial charge in [0, 0.05) is 4.90 Å². The molecular formula is C15H13NOS. The standard InChI is InChI=1S/C15H13NOS/c1-15(11-7-3-2-4-8-11)14(17)16-12-9-5-6-10-13(12)18-15/h2-10H,1H3,(H,16,17). The van der Waals surface area contributed by atoms with Crippen LogP contribution in [0.1, 0.15) is 12.5 Å². The lowest BCUT2D eigenvalue weighted by Crippen LogP contribution is -2.37. The summed E-state index contributed by atoms with van der Waals surface area (Å²) in [4.78, 5) is 13.5. The Hall–Kier alpha value is -1.74. The molecule has 2 aromatic rings. The van der Waals surface area contributed by atoms with Gasteiger partial charge in [0.25, 0.3) is 0 Å². The molecule has 18 heavy (non-hydrogen) atoms. The van der Waals surface area contributed by atoms with Gasteiger partial charge in [-0.2, -0.15) is 0 Å². The Bertz CT molecular complexity index is 596. The van der Waals surface area contributed by atoms with E-state index in [0.717, 1.165) is 16.1 Å². The molecule has 1 N–H and O–H groups in total. The number of anilines is 1. The summed E-state index contributed by atoms with van der Waals surface area (Å²) >= 11 is 1.61. The average Bonchev–Trinajstić information content (AvgIpc) is 2.41. The third-order valence-corrected chi connectivity index (χ3v) is 4.61. The third kappa shape index (κ3) is 1.71. The molecule has 0 radical (unpaired) electrons. The summed E-state index contributed by atoms with van der Waals surface area (Å²) in [6.07, 6.45) is 0. The molecule has 1 heterocycles. The topological polar surface area (TPSA) is 29.1 Å². The van der Waals surface area contributed by atoms with Crippen molar-refractivity contribution >= 4 is 23.4 Å². The minimum Gasteiger partial charge on any atom is -0.324 e. The van der Waals surface area contributed by atoms with E-state index in [-0.39, 0.29) is 5.91 Å². The Morgan fingerprint density at radius 1 is 1.00 bits per heavy atom. The lowest BCUT2D eigenvalue weighted by atomic mass is 9.99. The first-order chi connectivity index (χ1) is 8.70. The molecule has 1 unspecified atom stereocenters. The quantitative estimate of drug-likeness (QED) is 0.842. The van der Waals surface area contributed by atoms with Crippen LogP contribution < -0.4 is 5.32 Å². The van der Waals surface area contributed by atoms with E-state index in [9.17, 15) is 4.79 Å². The van der Waals surface area contributed by atoms with Crippen molar-refractivity contribution in [3.05, 3.63) is 60.2 Å². The number of thioether (sulfide) groups is 1. The highest BCUT2D eigenvalue weighted by molar-refractivity contribution is 8.01. The van der Waals surface area contributed by atoms with Crippen LogP contribution in [-0.4, -0.2) is 5.91 Å². The van der Waals surface area contributed by atoms with E-state index in [1.54, 1.807) is 11.8 Å². The summed E-state index contributed by atoms with van der Waals surface area (Å²) in [5, 5.41) is 2.99. The molecular weight excluding hydrogens is 242 g/mol. The van der Waals surface area contributed by atoms with E-state index in [0.29, 0.717) is 0 Å². The van der Waals surface area contributed by atoms with Crippen LogP contribution >= 0.6 is 11.8 Å². The molecule has 1 amide bonds. The SMILES string of the molecule is CC1(c2ccccc2)Sc2ccccc2NC1=O. The van der Waals surface area contributed by atoms with Crippen molar-refractivity contribution in [2.45, 2.75) is 16.6 Å². The highest BCUT2D eigenvalue weighted by Gasteiger charge is 2.40. The van der Waals surface area contributed by atoms with Gasteiger partial charge in [0.1, 0.15) is 4.75 Å². The smallest absolute Gasteiger partial charge is 0.245 e. The first-order valence-corrected chi connectivity index (χ1v) is 6.67. The Morgan fingerprint density at radius 2 is 1.67 bits per heavy atom. The highest BCUT2D eigenvalue weighted by Crippen LogP contribution is 2.47. The molecule has 0 bridgehead atoms. The number of hydrogen-bond acceptors (Lipinski definition) is 2. The van der Waals surface area contributed by atoms with Gasteiger partial charge in [-0.05, 0) is 24.6 Å². The van der Waals surface area contributed by atoms with E-state index in [1.165, 1.54) is 0 Å². The third-order valence-electron chi connectivity index (χ3n) is 3.21. The van der Waals surface area contributed by atoms with Gasteiger partial charge >= 0.3 is 0 Å². The van der Waals surface area contributed by atoms with Crippen molar-refractivity contribution in [1.82, 2.24) is 0 Å². The van der Waals surface area contributed by atoms with Crippen LogP contribution in [-0.2, 0) is 9.54 Å². The first kappa shape index (κ1) is 11.4. The number of benzene rings is 2. The van der Waals surface area contributed by atoms with Crippen LogP contribution in [0.25, 0.3) is 0 Å². The number of carbonyl (C=O) groups is 1. The van der Waals surface area contributed by atoms with Gasteiger partial charge in [-0.3, -0.25) is 4.79 Å². The summed E-state index contributed by atoms with van der Waals surface area (Å²) in [6.45, 7) is 1.97. The zero-order chi connectivity index (χ0) is 12.6. The summed E-state index contributed by atoms with van der Waals surface area (Å²) in [6, 6.07) is 17.8. The van der Waals surface area contributed by atoms with Crippen molar-refractivity contribution in [2.24, 2.45) is 0 Å². The number of hydrogen-bond donors (Lipinski definition) is 1. The molecule has 0 aliphatic carbocycles. The van der Waals surface area contributed by atoms with Crippen molar-refractivity contribution in [2.75, 3.05) is 5.32 Å². The zero-order valence-corrected chi connectivity index (χ0v) is 10.8. The van der Waals surface area contributed by atoms with Gasteiger partial charge in [-0.1, -0.05) is 42.5 Å². The second-order valence-electron chi connectivity index (χ2n) is 4.45. The van der Waals surface area contributed by atoms with Crippen molar-refractivity contribution in [3.63, 3.8) is 0 Å². The number of carbonyl (C=O) groups excluding carboxylic acids is 1. The van der Waals surface area contributed by atoms with E-state index in [4.69, 9.17) is 0 Å². The second kappa shape index (κ2) is 4.18. The molecule has 0 saturated carbocycles. The fourth-order valence-corrected chi connectivity index (χ4v) is 3.33. The maximum atomic E-state index is 12.3. The summed E-state index contributed by atoms with van der Waals surface area (Å²) in [7, 11) is 0. The van der Waals surface area contributed by atoms with Gasteiger partial charge in [0.05, 0.1) is 5.69 Å². The van der Waals surface area contributed by atoms with Crippen molar-refractivity contribution in [1.29, 1.82) is 0 Å². The second-order valence-corrected chi connectivity index (χ2v) is 5.91. The zero-order valence-electron chi connectivity index (χ0n) is 10.0. The molecule has 2 aromatic carbocycles. The van der Waals surface area contributed by atoms with Crippen LogP contribution in [0, 0.1) is 0 Å². The molecule has 3 heteroatoms. The molecule has 3 rings (SSSR count). The molecule has 0 aromatic heterocycles. The van der Waals surface area contributed by atoms with E-state index < -0.39 is 4.75 Å². The average molecular weight is 255 g/mol. The number of fused-ring (bicyclic) bond motifs is 1. The van der Waals surface area contributed by atoms with Crippen LogP contribution in [0.2, 0.25) is 0 Å². The molecule has 90 valence electrons. The Balaban J connectivity index is 2.07. The molecule has 0 fully saturated rings. The minimum atomic E-state index is -0.560. The minimum absolute atomic E-state index is 0.0393.